The molecule has 2 aromatic carbocycles. The van der Waals surface area contributed by atoms with Crippen molar-refractivity contribution in [2.45, 2.75) is 12.5 Å². The van der Waals surface area contributed by atoms with Crippen LogP contribution in [0, 0.1) is 11.3 Å². The summed E-state index contributed by atoms with van der Waals surface area (Å²) in [6.07, 6.45) is 0.139. The van der Waals surface area contributed by atoms with Crippen LogP contribution in [0.5, 0.6) is 5.75 Å². The Labute approximate surface area is 139 Å². The average molecular weight is 324 g/mol. The van der Waals surface area contributed by atoms with Crippen LogP contribution in [0.1, 0.15) is 21.5 Å². The fourth-order valence-electron chi connectivity index (χ4n) is 2.22. The van der Waals surface area contributed by atoms with E-state index in [-0.39, 0.29) is 12.2 Å². The molecule has 0 saturated heterocycles. The number of aromatic hydroxyl groups is 1. The number of esters is 1. The zero-order valence-electron chi connectivity index (χ0n) is 13.0. The van der Waals surface area contributed by atoms with Gasteiger partial charge < -0.3 is 15.2 Å². The minimum absolute atomic E-state index is 0.0408. The van der Waals surface area contributed by atoms with Gasteiger partial charge in [0.15, 0.2) is 0 Å². The fourth-order valence-corrected chi connectivity index (χ4v) is 2.22. The summed E-state index contributed by atoms with van der Waals surface area (Å²) in [6.45, 7) is 0. The van der Waals surface area contributed by atoms with Gasteiger partial charge in [0.25, 0.3) is 5.91 Å². The summed E-state index contributed by atoms with van der Waals surface area (Å²) in [4.78, 5) is 24.2. The lowest BCUT2D eigenvalue weighted by molar-refractivity contribution is -0.142. The van der Waals surface area contributed by atoms with Crippen molar-refractivity contribution in [3.05, 3.63) is 65.2 Å². The molecule has 2 aromatic rings. The Morgan fingerprint density at radius 3 is 2.50 bits per heavy atom. The van der Waals surface area contributed by atoms with Crippen molar-refractivity contribution in [2.75, 3.05) is 7.11 Å². The van der Waals surface area contributed by atoms with E-state index < -0.39 is 17.9 Å². The Bertz CT molecular complexity index is 778. The number of methoxy groups -OCH3 is 1. The van der Waals surface area contributed by atoms with E-state index in [1.165, 1.54) is 31.4 Å². The van der Waals surface area contributed by atoms with Crippen molar-refractivity contribution in [2.24, 2.45) is 0 Å². The first-order chi connectivity index (χ1) is 11.5. The molecule has 0 aliphatic rings. The number of benzene rings is 2. The number of rotatable bonds is 5. The van der Waals surface area contributed by atoms with Gasteiger partial charge in [-0.3, -0.25) is 4.79 Å². The van der Waals surface area contributed by atoms with Crippen molar-refractivity contribution in [3.8, 4) is 11.8 Å². The molecule has 6 nitrogen and oxygen atoms in total. The van der Waals surface area contributed by atoms with Gasteiger partial charge in [-0.1, -0.05) is 18.2 Å². The van der Waals surface area contributed by atoms with Gasteiger partial charge in [0.05, 0.1) is 18.7 Å². The summed E-state index contributed by atoms with van der Waals surface area (Å²) in [7, 11) is 1.23. The molecular weight excluding hydrogens is 308 g/mol. The molecule has 6 heteroatoms. The average Bonchev–Trinajstić information content (AvgIpc) is 2.61. The summed E-state index contributed by atoms with van der Waals surface area (Å²) < 4.78 is 4.74. The second kappa shape index (κ2) is 7.79. The minimum atomic E-state index is -0.925. The predicted molar refractivity (Wildman–Crippen MR) is 86.2 cm³/mol. The van der Waals surface area contributed by atoms with Gasteiger partial charge in [-0.25, -0.2) is 4.79 Å². The van der Waals surface area contributed by atoms with Gasteiger partial charge in [-0.05, 0) is 35.9 Å². The molecule has 1 atom stereocenters. The molecule has 0 aliphatic heterocycles. The van der Waals surface area contributed by atoms with E-state index in [1.807, 2.05) is 0 Å². The number of nitrogens with one attached hydrogen (secondary N) is 1. The number of ether oxygens (including phenoxy) is 1. The maximum Gasteiger partial charge on any atom is 0.328 e. The maximum atomic E-state index is 12.3. The lowest BCUT2D eigenvalue weighted by Crippen LogP contribution is -2.43. The van der Waals surface area contributed by atoms with Gasteiger partial charge in [-0.2, -0.15) is 5.26 Å². The van der Waals surface area contributed by atoms with Crippen LogP contribution >= 0.6 is 0 Å². The van der Waals surface area contributed by atoms with E-state index in [2.05, 4.69) is 11.4 Å². The van der Waals surface area contributed by atoms with Crippen LogP contribution in [0.2, 0.25) is 0 Å². The molecule has 122 valence electrons. The SMILES string of the molecule is COC(=O)[C@H](Cc1ccccc1C#N)NC(=O)c1ccc(O)cc1. The van der Waals surface area contributed by atoms with Crippen molar-refractivity contribution in [1.29, 1.82) is 5.26 Å². The number of nitrogens with zero attached hydrogens (tertiary/aromatic N) is 1. The second-order valence-corrected chi connectivity index (χ2v) is 5.07. The smallest absolute Gasteiger partial charge is 0.328 e. The van der Waals surface area contributed by atoms with E-state index in [0.29, 0.717) is 16.7 Å². The molecule has 0 aliphatic carbocycles. The van der Waals surface area contributed by atoms with Gasteiger partial charge >= 0.3 is 5.97 Å². The number of carbonyl (C=O) groups excluding carboxylic acids is 2. The summed E-state index contributed by atoms with van der Waals surface area (Å²) in [5.74, 6) is -1.03. The predicted octanol–water partition coefficient (Wildman–Crippen LogP) is 1.78. The highest BCUT2D eigenvalue weighted by Crippen LogP contribution is 2.13. The van der Waals surface area contributed by atoms with E-state index >= 15 is 0 Å². The maximum absolute atomic E-state index is 12.3. The third kappa shape index (κ3) is 4.11. The summed E-state index contributed by atoms with van der Waals surface area (Å²) in [5, 5.41) is 21.0. The number of amides is 1. The standard InChI is InChI=1S/C18H16N2O4/c1-24-18(23)16(10-13-4-2-3-5-14(13)11-19)20-17(22)12-6-8-15(21)9-7-12/h2-9,16,21H,10H2,1H3,(H,20,22)/t16-/m0/s1. The Hall–Kier alpha value is -3.33. The van der Waals surface area contributed by atoms with E-state index in [1.54, 1.807) is 24.3 Å². The zero-order chi connectivity index (χ0) is 17.5. The Balaban J connectivity index is 2.20. The van der Waals surface area contributed by atoms with Crippen LogP contribution in [0.3, 0.4) is 0 Å². The molecule has 0 fully saturated rings. The largest absolute Gasteiger partial charge is 0.508 e. The number of phenolic OH excluding ortho intramolecular Hbond substituents is 1. The van der Waals surface area contributed by atoms with Crippen LogP contribution in [0.4, 0.5) is 0 Å². The van der Waals surface area contributed by atoms with Gasteiger partial charge in [-0.15, -0.1) is 0 Å². The van der Waals surface area contributed by atoms with Crippen LogP contribution in [-0.2, 0) is 16.0 Å². The summed E-state index contributed by atoms with van der Waals surface area (Å²) in [6, 6.07) is 13.6. The highest BCUT2D eigenvalue weighted by atomic mass is 16.5. The molecule has 0 unspecified atom stereocenters. The molecule has 2 rings (SSSR count). The third-order valence-electron chi connectivity index (χ3n) is 3.48. The van der Waals surface area contributed by atoms with Crippen LogP contribution < -0.4 is 5.32 Å². The first-order valence-corrected chi connectivity index (χ1v) is 7.21. The number of nitriles is 1. The first kappa shape index (κ1) is 17.0. The molecule has 0 heterocycles. The monoisotopic (exact) mass is 324 g/mol. The Kier molecular flexibility index (Phi) is 5.53. The molecule has 0 saturated carbocycles. The van der Waals surface area contributed by atoms with Gasteiger partial charge in [0.2, 0.25) is 0 Å². The molecule has 0 spiro atoms. The van der Waals surface area contributed by atoms with Crippen molar-refractivity contribution in [3.63, 3.8) is 0 Å². The molecule has 0 bridgehead atoms. The Morgan fingerprint density at radius 1 is 1.21 bits per heavy atom. The van der Waals surface area contributed by atoms with Crippen LogP contribution in [-0.4, -0.2) is 30.1 Å². The molecule has 0 aromatic heterocycles. The third-order valence-corrected chi connectivity index (χ3v) is 3.48. The fraction of sp³-hybridized carbons (Fsp3) is 0.167. The Morgan fingerprint density at radius 2 is 1.88 bits per heavy atom. The molecule has 1 amide bonds. The van der Waals surface area contributed by atoms with E-state index in [9.17, 15) is 14.7 Å². The summed E-state index contributed by atoms with van der Waals surface area (Å²) >= 11 is 0. The molecule has 24 heavy (non-hydrogen) atoms. The van der Waals surface area contributed by atoms with Gasteiger partial charge in [0.1, 0.15) is 11.8 Å². The van der Waals surface area contributed by atoms with Crippen molar-refractivity contribution < 1.29 is 19.4 Å². The van der Waals surface area contributed by atoms with Crippen LogP contribution in [0.15, 0.2) is 48.5 Å². The topological polar surface area (TPSA) is 99.4 Å². The zero-order valence-corrected chi connectivity index (χ0v) is 13.0. The highest BCUT2D eigenvalue weighted by Gasteiger charge is 2.23. The quantitative estimate of drug-likeness (QED) is 0.817. The van der Waals surface area contributed by atoms with Gasteiger partial charge in [0, 0.05) is 12.0 Å². The van der Waals surface area contributed by atoms with Crippen LogP contribution in [0.25, 0.3) is 0 Å². The lowest BCUT2D eigenvalue weighted by atomic mass is 10.0. The normalized spacial score (nSPS) is 11.2. The first-order valence-electron chi connectivity index (χ1n) is 7.21. The number of hydrogen-bond donors (Lipinski definition) is 2. The minimum Gasteiger partial charge on any atom is -0.508 e. The lowest BCUT2D eigenvalue weighted by Gasteiger charge is -2.17. The number of carbonyl (C=O) groups is 2. The van der Waals surface area contributed by atoms with E-state index in [4.69, 9.17) is 10.00 Å². The second-order valence-electron chi connectivity index (χ2n) is 5.07. The molecular formula is C18H16N2O4. The number of phenols is 1. The number of hydrogen-bond acceptors (Lipinski definition) is 5. The summed E-state index contributed by atoms with van der Waals surface area (Å²) in [5.41, 5.74) is 1.38. The molecule has 2 N–H and O–H groups in total. The molecule has 0 radical (unpaired) electrons. The van der Waals surface area contributed by atoms with Crippen molar-refractivity contribution in [1.82, 2.24) is 5.32 Å². The van der Waals surface area contributed by atoms with E-state index in [0.717, 1.165) is 0 Å². The highest BCUT2D eigenvalue weighted by molar-refractivity contribution is 5.96. The van der Waals surface area contributed by atoms with Crippen molar-refractivity contribution >= 4 is 11.9 Å².